The summed E-state index contributed by atoms with van der Waals surface area (Å²) in [5, 5.41) is 5.35. The van der Waals surface area contributed by atoms with Gasteiger partial charge in [-0.25, -0.2) is 9.97 Å². The predicted octanol–water partition coefficient (Wildman–Crippen LogP) is 6.79. The highest BCUT2D eigenvalue weighted by atomic mass is 32.1. The first-order valence-electron chi connectivity index (χ1n) is 11.8. The van der Waals surface area contributed by atoms with Gasteiger partial charge in [-0.2, -0.15) is 8.78 Å². The first-order valence-corrected chi connectivity index (χ1v) is 13.5. The van der Waals surface area contributed by atoms with Crippen molar-refractivity contribution in [3.63, 3.8) is 0 Å². The highest BCUT2D eigenvalue weighted by Crippen LogP contribution is 2.35. The summed E-state index contributed by atoms with van der Waals surface area (Å²) in [6.07, 6.45) is 8.19. The molecule has 1 aliphatic rings. The van der Waals surface area contributed by atoms with Crippen LogP contribution in [-0.2, 0) is 12.8 Å². The molecule has 3 aromatic heterocycles. The number of para-hydroxylation sites is 1. The molecule has 1 aromatic carbocycles. The van der Waals surface area contributed by atoms with E-state index in [2.05, 4.69) is 15.3 Å². The zero-order valence-corrected chi connectivity index (χ0v) is 22.2. The molecule has 1 amide bonds. The molecule has 0 spiro atoms. The molecule has 0 fully saturated rings. The molecule has 4 aromatic rings. The molecule has 1 N–H and O–H groups in total. The number of nitrogens with zero attached hydrogens (tertiary/aromatic N) is 3. The van der Waals surface area contributed by atoms with Crippen LogP contribution in [-0.4, -0.2) is 33.5 Å². The number of carbonyl (C=O) groups excluding carboxylic acids is 1. The van der Waals surface area contributed by atoms with Crippen molar-refractivity contribution < 1.29 is 23.0 Å². The average molecular weight is 545 g/mol. The highest BCUT2D eigenvalue weighted by molar-refractivity contribution is 7.16. The Bertz CT molecular complexity index is 1440. The van der Waals surface area contributed by atoms with Crippen LogP contribution < -0.4 is 14.8 Å². The first-order chi connectivity index (χ1) is 17.7. The van der Waals surface area contributed by atoms with Gasteiger partial charge in [0.15, 0.2) is 21.6 Å². The number of anilines is 1. The van der Waals surface area contributed by atoms with Crippen LogP contribution in [0.1, 0.15) is 59.5 Å². The monoisotopic (exact) mass is 544 g/mol. The van der Waals surface area contributed by atoms with Crippen LogP contribution in [0.2, 0.25) is 0 Å². The summed E-state index contributed by atoms with van der Waals surface area (Å²) >= 11 is 2.91. The number of benzene rings is 1. The van der Waals surface area contributed by atoms with Crippen molar-refractivity contribution in [2.45, 2.75) is 46.6 Å². The minimum atomic E-state index is -2.99. The van der Waals surface area contributed by atoms with Crippen LogP contribution in [0.4, 0.5) is 13.9 Å². The Hall–Kier alpha value is -3.31. The second-order valence-corrected chi connectivity index (χ2v) is 11.8. The fourth-order valence-electron chi connectivity index (χ4n) is 4.01. The molecule has 5 rings (SSSR count). The van der Waals surface area contributed by atoms with Crippen LogP contribution in [0, 0.1) is 5.41 Å². The molecular formula is C26H26F2N4O3S2. The molecule has 7 nitrogen and oxygen atoms in total. The molecule has 3 heterocycles. The number of aryl methyl sites for hydroxylation is 2. The van der Waals surface area contributed by atoms with Crippen LogP contribution in [0.15, 0.2) is 29.8 Å². The number of fused-ring (bicyclic) bond motifs is 2. The van der Waals surface area contributed by atoms with E-state index in [1.54, 1.807) is 34.9 Å². The van der Waals surface area contributed by atoms with Crippen LogP contribution in [0.5, 0.6) is 11.5 Å². The highest BCUT2D eigenvalue weighted by Gasteiger charge is 2.23. The number of hydrogen-bond acceptors (Lipinski definition) is 7. The third kappa shape index (κ3) is 5.67. The quantitative estimate of drug-likeness (QED) is 0.264. The Morgan fingerprint density at radius 3 is 2.84 bits per heavy atom. The van der Waals surface area contributed by atoms with E-state index in [0.717, 1.165) is 25.0 Å². The minimum Gasteiger partial charge on any atom is -0.489 e. The van der Waals surface area contributed by atoms with Gasteiger partial charge in [0.1, 0.15) is 5.69 Å². The predicted molar refractivity (Wildman–Crippen MR) is 142 cm³/mol. The molecule has 194 valence electrons. The number of hydrogen-bond donors (Lipinski definition) is 1. The summed E-state index contributed by atoms with van der Waals surface area (Å²) in [6.45, 7) is 3.26. The van der Waals surface area contributed by atoms with Gasteiger partial charge in [-0.05, 0) is 42.9 Å². The lowest BCUT2D eigenvalue weighted by molar-refractivity contribution is -0.0517. The molecular weight excluding hydrogens is 518 g/mol. The van der Waals surface area contributed by atoms with Gasteiger partial charge in [0.2, 0.25) is 0 Å². The van der Waals surface area contributed by atoms with Crippen LogP contribution in [0.3, 0.4) is 0 Å². The molecule has 0 radical (unpaired) electrons. The van der Waals surface area contributed by atoms with E-state index in [4.69, 9.17) is 9.47 Å². The number of nitrogens with one attached hydrogen (secondary N) is 1. The van der Waals surface area contributed by atoms with Gasteiger partial charge in [-0.1, -0.05) is 32.9 Å². The maximum absolute atomic E-state index is 13.3. The topological polar surface area (TPSA) is 77.8 Å². The number of amides is 1. The van der Waals surface area contributed by atoms with Crippen molar-refractivity contribution in [1.29, 1.82) is 0 Å². The van der Waals surface area contributed by atoms with Gasteiger partial charge in [-0.15, -0.1) is 22.7 Å². The third-order valence-electron chi connectivity index (χ3n) is 5.62. The summed E-state index contributed by atoms with van der Waals surface area (Å²) in [4.78, 5) is 24.4. The lowest BCUT2D eigenvalue weighted by Crippen LogP contribution is -2.18. The van der Waals surface area contributed by atoms with Gasteiger partial charge < -0.3 is 9.47 Å². The Labute approximate surface area is 220 Å². The fraction of sp³-hybridized carbons (Fsp3) is 0.346. The van der Waals surface area contributed by atoms with Crippen molar-refractivity contribution in [3.05, 3.63) is 57.3 Å². The number of rotatable bonds is 8. The van der Waals surface area contributed by atoms with Gasteiger partial charge >= 0.3 is 6.61 Å². The maximum atomic E-state index is 13.3. The second kappa shape index (κ2) is 10.2. The molecule has 0 saturated heterocycles. The summed E-state index contributed by atoms with van der Waals surface area (Å²) in [6, 6.07) is 4.79. The van der Waals surface area contributed by atoms with Crippen molar-refractivity contribution in [2.75, 3.05) is 11.9 Å². The second-order valence-electron chi connectivity index (χ2n) is 9.83. The van der Waals surface area contributed by atoms with E-state index in [-0.39, 0.29) is 22.8 Å². The van der Waals surface area contributed by atoms with E-state index in [1.807, 2.05) is 26.2 Å². The normalized spacial score (nSPS) is 13.6. The molecule has 1 aliphatic carbocycles. The lowest BCUT2D eigenvalue weighted by Gasteiger charge is -2.21. The summed E-state index contributed by atoms with van der Waals surface area (Å²) in [5.74, 6) is -0.169. The smallest absolute Gasteiger partial charge is 0.387 e. The Kier molecular flexibility index (Phi) is 7.00. The van der Waals surface area contributed by atoms with E-state index in [1.165, 1.54) is 33.6 Å². The number of imidazole rings is 1. The summed E-state index contributed by atoms with van der Waals surface area (Å²) in [5.41, 5.74) is 2.19. The number of halogens is 2. The van der Waals surface area contributed by atoms with E-state index in [9.17, 15) is 13.6 Å². The van der Waals surface area contributed by atoms with Crippen molar-refractivity contribution in [2.24, 2.45) is 5.41 Å². The number of alkyl halides is 2. The van der Waals surface area contributed by atoms with Crippen molar-refractivity contribution in [3.8, 4) is 11.5 Å². The Morgan fingerprint density at radius 1 is 1.24 bits per heavy atom. The fourth-order valence-corrected chi connectivity index (χ4v) is 5.78. The zero-order valence-electron chi connectivity index (χ0n) is 20.6. The van der Waals surface area contributed by atoms with Gasteiger partial charge in [0.25, 0.3) is 5.91 Å². The van der Waals surface area contributed by atoms with Crippen molar-refractivity contribution >= 4 is 50.8 Å². The van der Waals surface area contributed by atoms with E-state index >= 15 is 0 Å². The number of carbonyl (C=O) groups is 1. The van der Waals surface area contributed by atoms with E-state index < -0.39 is 6.61 Å². The number of aromatic nitrogens is 3. The van der Waals surface area contributed by atoms with Gasteiger partial charge in [0, 0.05) is 22.0 Å². The molecule has 0 unspecified atom stereocenters. The zero-order chi connectivity index (χ0) is 26.2. The molecule has 0 aliphatic heterocycles. The Balaban J connectivity index is 1.47. The van der Waals surface area contributed by atoms with Crippen LogP contribution >= 0.6 is 22.7 Å². The largest absolute Gasteiger partial charge is 0.489 e. The van der Waals surface area contributed by atoms with Gasteiger partial charge in [-0.3, -0.25) is 14.5 Å². The third-order valence-corrected chi connectivity index (χ3v) is 7.45. The van der Waals surface area contributed by atoms with Gasteiger partial charge in [0.05, 0.1) is 18.0 Å². The number of ether oxygens (including phenoxy) is 2. The Morgan fingerprint density at radius 2 is 2.08 bits per heavy atom. The molecule has 0 atom stereocenters. The van der Waals surface area contributed by atoms with Crippen molar-refractivity contribution in [1.82, 2.24) is 14.4 Å². The standard InChI is InChI=1S/C26H26F2N4O3S2/c1-26(2,3)14-34-21-15(6-4-8-18(21)35-23(27)28)10-11-17-20(32-12-13-36-25(32)30-17)22(33)31-24-29-16-7-5-9-19(16)37-24/h4,6,8,10-13,23H,5,7,9,14H2,1-3H3,(H,29,31,33). The number of thiazole rings is 2. The minimum absolute atomic E-state index is 0.0537. The lowest BCUT2D eigenvalue weighted by atomic mass is 9.98. The average Bonchev–Trinajstić information content (AvgIpc) is 3.56. The molecule has 11 heteroatoms. The maximum Gasteiger partial charge on any atom is 0.387 e. The SMILES string of the molecule is CC(C)(C)COc1c(C=Cc2nc3sccn3c2C(=O)Nc2nc3c(s2)CCC3)cccc1OC(F)F. The molecule has 37 heavy (non-hydrogen) atoms. The molecule has 0 bridgehead atoms. The molecule has 0 saturated carbocycles. The summed E-state index contributed by atoms with van der Waals surface area (Å²) in [7, 11) is 0. The van der Waals surface area contributed by atoms with Crippen LogP contribution in [0.25, 0.3) is 17.1 Å². The first kappa shape index (κ1) is 25.3. The summed E-state index contributed by atoms with van der Waals surface area (Å²) < 4.78 is 38.5. The van der Waals surface area contributed by atoms with E-state index in [0.29, 0.717) is 33.7 Å².